The second-order valence-corrected chi connectivity index (χ2v) is 8.62. The number of likely N-dealkylation sites (tertiary alicyclic amines) is 1. The average Bonchev–Trinajstić information content (AvgIpc) is 3.52. The van der Waals surface area contributed by atoms with Gasteiger partial charge in [-0.3, -0.25) is 9.48 Å². The lowest BCUT2D eigenvalue weighted by molar-refractivity contribution is 0.0648. The van der Waals surface area contributed by atoms with Gasteiger partial charge in [0.2, 0.25) is 0 Å². The number of carbonyl (C=O) groups excluding carboxylic acids is 1. The molecule has 0 atom stereocenters. The highest BCUT2D eigenvalue weighted by Crippen LogP contribution is 2.48. The van der Waals surface area contributed by atoms with Crippen molar-refractivity contribution in [2.24, 2.45) is 7.05 Å². The third kappa shape index (κ3) is 2.67. The van der Waals surface area contributed by atoms with Crippen LogP contribution >= 0.6 is 0 Å². The van der Waals surface area contributed by atoms with E-state index in [-0.39, 0.29) is 11.4 Å². The van der Waals surface area contributed by atoms with Gasteiger partial charge in [-0.15, -0.1) is 0 Å². The normalized spacial score (nSPS) is 16.2. The van der Waals surface area contributed by atoms with E-state index < -0.39 is 5.82 Å². The van der Waals surface area contributed by atoms with Gasteiger partial charge >= 0.3 is 0 Å². The van der Waals surface area contributed by atoms with E-state index in [9.17, 15) is 9.18 Å². The molecular weight excluding hydrogens is 405 g/mol. The summed E-state index contributed by atoms with van der Waals surface area (Å²) in [6.45, 7) is 1.22. The Morgan fingerprint density at radius 1 is 1.06 bits per heavy atom. The Morgan fingerprint density at radius 2 is 1.88 bits per heavy atom. The lowest BCUT2D eigenvalue weighted by Crippen LogP contribution is -2.47. The molecule has 6 rings (SSSR count). The maximum atomic E-state index is 14.8. The van der Waals surface area contributed by atoms with Gasteiger partial charge in [0, 0.05) is 48.6 Å². The molecule has 2 aliphatic rings. The van der Waals surface area contributed by atoms with Crippen LogP contribution in [-0.4, -0.2) is 43.2 Å². The van der Waals surface area contributed by atoms with Gasteiger partial charge in [-0.05, 0) is 30.5 Å². The minimum absolute atomic E-state index is 0.131. The smallest absolute Gasteiger partial charge is 0.253 e. The molecule has 1 fully saturated rings. The largest absolute Gasteiger partial charge is 0.338 e. The van der Waals surface area contributed by atoms with Gasteiger partial charge in [0.05, 0.1) is 30.0 Å². The SMILES string of the molecule is Cn1cc(-c2ccc(C(=O)N3CCC4(CC3)c3ccccc3-c3cncn34)cc2F)cn1. The van der Waals surface area contributed by atoms with Crippen LogP contribution in [0.3, 0.4) is 0 Å². The first-order valence-electron chi connectivity index (χ1n) is 10.8. The summed E-state index contributed by atoms with van der Waals surface area (Å²) >= 11 is 0. The molecule has 7 heteroatoms. The fourth-order valence-electron chi connectivity index (χ4n) is 5.29. The zero-order chi connectivity index (χ0) is 21.9. The number of halogens is 1. The van der Waals surface area contributed by atoms with Crippen LogP contribution in [0.25, 0.3) is 22.4 Å². The number of imidazole rings is 1. The van der Waals surface area contributed by atoms with E-state index in [4.69, 9.17) is 0 Å². The van der Waals surface area contributed by atoms with E-state index in [1.807, 2.05) is 17.4 Å². The predicted octanol–water partition coefficient (Wildman–Crippen LogP) is 4.08. The Bertz CT molecular complexity index is 1350. The summed E-state index contributed by atoms with van der Waals surface area (Å²) in [6.07, 6.45) is 8.80. The van der Waals surface area contributed by atoms with Crippen molar-refractivity contribution in [3.8, 4) is 22.4 Å². The van der Waals surface area contributed by atoms with Gasteiger partial charge in [0.25, 0.3) is 5.91 Å². The monoisotopic (exact) mass is 427 g/mol. The molecule has 1 saturated heterocycles. The molecule has 160 valence electrons. The van der Waals surface area contributed by atoms with Gasteiger partial charge in [-0.25, -0.2) is 9.37 Å². The van der Waals surface area contributed by atoms with E-state index >= 15 is 0 Å². The number of piperidine rings is 1. The Hall–Kier alpha value is -3.74. The molecule has 0 bridgehead atoms. The van der Waals surface area contributed by atoms with Gasteiger partial charge in [0.1, 0.15) is 5.82 Å². The first kappa shape index (κ1) is 19.0. The fourth-order valence-corrected chi connectivity index (χ4v) is 5.29. The predicted molar refractivity (Wildman–Crippen MR) is 118 cm³/mol. The van der Waals surface area contributed by atoms with E-state index in [0.29, 0.717) is 29.8 Å². The lowest BCUT2D eigenvalue weighted by atomic mass is 9.81. The summed E-state index contributed by atoms with van der Waals surface area (Å²) in [7, 11) is 1.79. The number of carbonyl (C=O) groups is 1. The van der Waals surface area contributed by atoms with Crippen LogP contribution in [0.1, 0.15) is 28.8 Å². The van der Waals surface area contributed by atoms with Crippen molar-refractivity contribution < 1.29 is 9.18 Å². The maximum absolute atomic E-state index is 14.8. The van der Waals surface area contributed by atoms with E-state index in [0.717, 1.165) is 18.5 Å². The molecule has 0 unspecified atom stereocenters. The second kappa shape index (κ2) is 6.88. The van der Waals surface area contributed by atoms with Crippen LogP contribution in [-0.2, 0) is 12.6 Å². The molecule has 4 heterocycles. The van der Waals surface area contributed by atoms with Crippen molar-refractivity contribution >= 4 is 5.91 Å². The van der Waals surface area contributed by atoms with Crippen LogP contribution < -0.4 is 0 Å². The molecule has 0 N–H and O–H groups in total. The van der Waals surface area contributed by atoms with Crippen molar-refractivity contribution in [2.75, 3.05) is 13.1 Å². The maximum Gasteiger partial charge on any atom is 0.253 e. The Kier molecular flexibility index (Phi) is 4.08. The number of benzene rings is 2. The van der Waals surface area contributed by atoms with Crippen LogP contribution in [0.4, 0.5) is 4.39 Å². The summed E-state index contributed by atoms with van der Waals surface area (Å²) in [5, 5.41) is 4.10. The van der Waals surface area contributed by atoms with Crippen LogP contribution in [0.5, 0.6) is 0 Å². The second-order valence-electron chi connectivity index (χ2n) is 8.62. The molecule has 2 aromatic carbocycles. The summed E-state index contributed by atoms with van der Waals surface area (Å²) in [4.78, 5) is 19.4. The van der Waals surface area contributed by atoms with Crippen LogP contribution in [0.15, 0.2) is 67.4 Å². The molecule has 0 radical (unpaired) electrons. The van der Waals surface area contributed by atoms with Crippen molar-refractivity contribution in [1.29, 1.82) is 0 Å². The number of hydrogen-bond donors (Lipinski definition) is 0. The van der Waals surface area contributed by atoms with Crippen molar-refractivity contribution in [1.82, 2.24) is 24.2 Å². The van der Waals surface area contributed by atoms with Gasteiger partial charge in [0.15, 0.2) is 0 Å². The summed E-state index contributed by atoms with van der Waals surface area (Å²) in [6, 6.07) is 13.2. The number of nitrogens with zero attached hydrogens (tertiary/aromatic N) is 5. The van der Waals surface area contributed by atoms with E-state index in [2.05, 4.69) is 38.9 Å². The fraction of sp³-hybridized carbons (Fsp3) is 0.240. The first-order chi connectivity index (χ1) is 15.6. The zero-order valence-electron chi connectivity index (χ0n) is 17.7. The minimum atomic E-state index is -0.412. The van der Waals surface area contributed by atoms with E-state index in [1.165, 1.54) is 17.2 Å². The van der Waals surface area contributed by atoms with Crippen molar-refractivity contribution in [3.05, 3.63) is 84.3 Å². The number of aryl methyl sites for hydroxylation is 1. The highest BCUT2D eigenvalue weighted by atomic mass is 19.1. The van der Waals surface area contributed by atoms with Crippen LogP contribution in [0, 0.1) is 5.82 Å². The number of rotatable bonds is 2. The number of aromatic nitrogens is 4. The summed E-state index contributed by atoms with van der Waals surface area (Å²) in [5.41, 5.74) is 5.00. The lowest BCUT2D eigenvalue weighted by Gasteiger charge is -2.41. The van der Waals surface area contributed by atoms with Gasteiger partial charge in [-0.1, -0.05) is 30.3 Å². The Morgan fingerprint density at radius 3 is 2.62 bits per heavy atom. The number of fused-ring (bicyclic) bond motifs is 5. The topological polar surface area (TPSA) is 56.0 Å². The first-order valence-corrected chi connectivity index (χ1v) is 10.8. The molecule has 32 heavy (non-hydrogen) atoms. The Balaban J connectivity index is 1.25. The van der Waals surface area contributed by atoms with E-state index in [1.54, 1.807) is 36.3 Å². The molecule has 4 aromatic rings. The Labute approximate surface area is 184 Å². The zero-order valence-corrected chi connectivity index (χ0v) is 17.7. The highest BCUT2D eigenvalue weighted by Gasteiger charge is 2.45. The summed E-state index contributed by atoms with van der Waals surface area (Å²) < 4.78 is 18.7. The quantitative estimate of drug-likeness (QED) is 0.484. The molecule has 0 aliphatic carbocycles. The van der Waals surface area contributed by atoms with Crippen LogP contribution in [0.2, 0.25) is 0 Å². The van der Waals surface area contributed by atoms with Gasteiger partial charge < -0.3 is 9.47 Å². The number of amides is 1. The highest BCUT2D eigenvalue weighted by molar-refractivity contribution is 5.95. The van der Waals surface area contributed by atoms with Gasteiger partial charge in [-0.2, -0.15) is 5.10 Å². The summed E-state index contributed by atoms with van der Waals surface area (Å²) in [5.74, 6) is -0.543. The van der Waals surface area contributed by atoms with Crippen molar-refractivity contribution in [3.63, 3.8) is 0 Å². The van der Waals surface area contributed by atoms with Crippen molar-refractivity contribution in [2.45, 2.75) is 18.4 Å². The molecular formula is C25H22FN5O. The number of hydrogen-bond acceptors (Lipinski definition) is 3. The molecule has 6 nitrogen and oxygen atoms in total. The third-order valence-corrected chi connectivity index (χ3v) is 6.91. The molecule has 2 aliphatic heterocycles. The minimum Gasteiger partial charge on any atom is -0.338 e. The third-order valence-electron chi connectivity index (χ3n) is 6.91. The standard InChI is InChI=1S/C25H22FN5O/c1-29-15-18(13-28-29)19-7-6-17(12-22(19)26)24(32)30-10-8-25(9-11-30)21-5-3-2-4-20(21)23-14-27-16-31(23)25/h2-7,12-16H,8-11H2,1H3. The molecule has 2 aromatic heterocycles. The average molecular weight is 427 g/mol. The molecule has 1 amide bonds. The molecule has 1 spiro atoms. The molecule has 0 saturated carbocycles.